The Bertz CT molecular complexity index is 1330. The number of carbonyl (C=O) groups excluding carboxylic acids is 2. The summed E-state index contributed by atoms with van der Waals surface area (Å²) < 4.78 is 22.4. The van der Waals surface area contributed by atoms with Crippen LogP contribution in [0.4, 0.5) is 0 Å². The molecule has 3 aromatic rings. The lowest BCUT2D eigenvalue weighted by Crippen LogP contribution is -2.48. The summed E-state index contributed by atoms with van der Waals surface area (Å²) in [6.07, 6.45) is 1.88. The van der Waals surface area contributed by atoms with Crippen LogP contribution in [0.1, 0.15) is 35.1 Å². The molecule has 0 radical (unpaired) electrons. The van der Waals surface area contributed by atoms with Crippen molar-refractivity contribution in [1.29, 1.82) is 0 Å². The van der Waals surface area contributed by atoms with Crippen molar-refractivity contribution in [3.63, 3.8) is 0 Å². The number of fused-ring (bicyclic) bond motifs is 6. The molecule has 164 valence electrons. The fourth-order valence-electron chi connectivity index (χ4n) is 5.12. The smallest absolute Gasteiger partial charge is 0.334 e. The number of benzene rings is 3. The maximum absolute atomic E-state index is 13.8. The number of esters is 2. The number of hydrogen-bond donors (Lipinski definition) is 0. The van der Waals surface area contributed by atoms with Crippen LogP contribution in [0, 0.1) is 5.41 Å². The molecule has 2 atom stereocenters. The van der Waals surface area contributed by atoms with E-state index < -0.39 is 23.3 Å². The van der Waals surface area contributed by atoms with Crippen LogP contribution in [0.25, 0.3) is 11.6 Å². The van der Waals surface area contributed by atoms with Gasteiger partial charge in [-0.1, -0.05) is 54.6 Å². The maximum Gasteiger partial charge on any atom is 0.334 e. The van der Waals surface area contributed by atoms with Crippen LogP contribution in [0.3, 0.4) is 0 Å². The third-order valence-electron chi connectivity index (χ3n) is 6.47. The van der Waals surface area contributed by atoms with Gasteiger partial charge in [0.1, 0.15) is 5.75 Å². The Balaban J connectivity index is 1.68. The van der Waals surface area contributed by atoms with E-state index in [4.69, 9.17) is 18.9 Å². The Hall–Kier alpha value is -4.06. The molecular formula is C27H20O6. The highest BCUT2D eigenvalue weighted by atomic mass is 16.7. The molecule has 33 heavy (non-hydrogen) atoms. The number of hydrogen-bond acceptors (Lipinski definition) is 6. The van der Waals surface area contributed by atoms with Crippen LogP contribution in [-0.2, 0) is 14.3 Å². The van der Waals surface area contributed by atoms with E-state index in [2.05, 4.69) is 0 Å². The van der Waals surface area contributed by atoms with Crippen molar-refractivity contribution in [2.24, 2.45) is 5.41 Å². The summed E-state index contributed by atoms with van der Waals surface area (Å²) in [7, 11) is 0. The van der Waals surface area contributed by atoms with Gasteiger partial charge >= 0.3 is 11.9 Å². The molecule has 0 bridgehead atoms. The summed E-state index contributed by atoms with van der Waals surface area (Å²) in [4.78, 5) is 27.5. The van der Waals surface area contributed by atoms with E-state index in [0.29, 0.717) is 28.4 Å². The van der Waals surface area contributed by atoms with Gasteiger partial charge in [0.05, 0.1) is 6.61 Å². The van der Waals surface area contributed by atoms with Gasteiger partial charge in [-0.05, 0) is 41.3 Å². The predicted molar refractivity (Wildman–Crippen MR) is 120 cm³/mol. The van der Waals surface area contributed by atoms with Crippen LogP contribution in [0.5, 0.6) is 17.2 Å². The summed E-state index contributed by atoms with van der Waals surface area (Å²) in [5, 5.41) is 0. The summed E-state index contributed by atoms with van der Waals surface area (Å²) in [6, 6.07) is 20.8. The van der Waals surface area contributed by atoms with Crippen molar-refractivity contribution >= 4 is 23.6 Å². The van der Waals surface area contributed by atoms with Gasteiger partial charge in [0.25, 0.3) is 0 Å². The fourth-order valence-corrected chi connectivity index (χ4v) is 5.12. The average Bonchev–Trinajstić information content (AvgIpc) is 3.40. The van der Waals surface area contributed by atoms with Crippen LogP contribution >= 0.6 is 0 Å². The first kappa shape index (κ1) is 19.6. The minimum Gasteiger partial charge on any atom is -0.465 e. The first-order valence-corrected chi connectivity index (χ1v) is 10.8. The van der Waals surface area contributed by atoms with Gasteiger partial charge < -0.3 is 18.9 Å². The van der Waals surface area contributed by atoms with Crippen LogP contribution in [0.2, 0.25) is 0 Å². The highest BCUT2D eigenvalue weighted by molar-refractivity contribution is 6.20. The minimum atomic E-state index is -1.67. The lowest BCUT2D eigenvalue weighted by Gasteiger charge is -2.37. The van der Waals surface area contributed by atoms with Crippen molar-refractivity contribution in [2.75, 3.05) is 13.4 Å². The van der Waals surface area contributed by atoms with Gasteiger partial charge in [-0.3, -0.25) is 4.79 Å². The van der Waals surface area contributed by atoms with E-state index >= 15 is 0 Å². The minimum absolute atomic E-state index is 0.0929. The number of rotatable bonds is 3. The Morgan fingerprint density at radius 2 is 1.73 bits per heavy atom. The SMILES string of the molecule is CCOC(=O)[C@]12C(=O)Oc3cc4c(cc3[C@H]1c1ccccc1/C2=C\c1ccccc1)OCO4. The highest BCUT2D eigenvalue weighted by Gasteiger charge is 2.66. The number of carbonyl (C=O) groups is 2. The molecule has 2 aliphatic heterocycles. The summed E-state index contributed by atoms with van der Waals surface area (Å²) >= 11 is 0. The third-order valence-corrected chi connectivity index (χ3v) is 6.47. The van der Waals surface area contributed by atoms with Crippen molar-refractivity contribution < 1.29 is 28.5 Å². The first-order valence-electron chi connectivity index (χ1n) is 10.8. The molecule has 6 heteroatoms. The van der Waals surface area contributed by atoms with Crippen LogP contribution < -0.4 is 14.2 Å². The molecule has 0 saturated heterocycles. The zero-order valence-electron chi connectivity index (χ0n) is 17.9. The van der Waals surface area contributed by atoms with Crippen LogP contribution in [-0.4, -0.2) is 25.3 Å². The van der Waals surface area contributed by atoms with Crippen molar-refractivity contribution in [3.8, 4) is 17.2 Å². The summed E-state index contributed by atoms with van der Waals surface area (Å²) in [5.41, 5.74) is 2.15. The topological polar surface area (TPSA) is 71.1 Å². The summed E-state index contributed by atoms with van der Waals surface area (Å²) in [6.45, 7) is 1.96. The van der Waals surface area contributed by atoms with Gasteiger partial charge in [0.2, 0.25) is 12.2 Å². The Labute approximate surface area is 190 Å². The molecule has 0 N–H and O–H groups in total. The Morgan fingerprint density at radius 3 is 2.52 bits per heavy atom. The highest BCUT2D eigenvalue weighted by Crippen LogP contribution is 2.63. The van der Waals surface area contributed by atoms with E-state index in [9.17, 15) is 9.59 Å². The lowest BCUT2D eigenvalue weighted by molar-refractivity contribution is -0.164. The standard InChI is InChI=1S/C27H20O6/c1-2-30-25(28)27-20(12-16-8-4-3-5-9-16)17-10-6-7-11-18(17)24(27)19-13-22-23(32-15-31-22)14-21(19)33-26(27)29/h3-14,24H,2,15H2,1H3/b20-12+/t24-,27-/m1/s1. The van der Waals surface area contributed by atoms with E-state index in [1.54, 1.807) is 13.0 Å². The van der Waals surface area contributed by atoms with E-state index in [1.807, 2.05) is 66.7 Å². The molecule has 2 heterocycles. The van der Waals surface area contributed by atoms with Gasteiger partial charge in [-0.15, -0.1) is 0 Å². The molecule has 0 saturated carbocycles. The normalized spacial score (nSPS) is 22.9. The van der Waals surface area contributed by atoms with E-state index in [1.165, 1.54) is 0 Å². The maximum atomic E-state index is 13.8. The van der Waals surface area contributed by atoms with Crippen molar-refractivity contribution in [3.05, 3.63) is 89.0 Å². The third kappa shape index (κ3) is 2.67. The largest absolute Gasteiger partial charge is 0.465 e. The van der Waals surface area contributed by atoms with Gasteiger partial charge in [-0.2, -0.15) is 0 Å². The molecule has 0 unspecified atom stereocenters. The molecule has 0 spiro atoms. The zero-order valence-corrected chi connectivity index (χ0v) is 17.9. The molecule has 3 aliphatic rings. The fraction of sp³-hybridized carbons (Fsp3) is 0.185. The molecule has 1 aliphatic carbocycles. The van der Waals surface area contributed by atoms with Gasteiger partial charge in [0.15, 0.2) is 11.5 Å². The van der Waals surface area contributed by atoms with E-state index in [-0.39, 0.29) is 13.4 Å². The molecule has 0 amide bonds. The quantitative estimate of drug-likeness (QED) is 0.338. The second-order valence-corrected chi connectivity index (χ2v) is 8.15. The predicted octanol–water partition coefficient (Wildman–Crippen LogP) is 4.57. The van der Waals surface area contributed by atoms with Crippen LogP contribution in [0.15, 0.2) is 66.7 Å². The summed E-state index contributed by atoms with van der Waals surface area (Å²) in [5.74, 6) is -0.463. The second-order valence-electron chi connectivity index (χ2n) is 8.15. The molecule has 3 aromatic carbocycles. The second kappa shape index (κ2) is 7.24. The first-order chi connectivity index (χ1) is 16.1. The van der Waals surface area contributed by atoms with E-state index in [0.717, 1.165) is 16.7 Å². The van der Waals surface area contributed by atoms with Crippen molar-refractivity contribution in [2.45, 2.75) is 12.8 Å². The zero-order chi connectivity index (χ0) is 22.6. The molecule has 6 rings (SSSR count). The Kier molecular flexibility index (Phi) is 4.30. The molecule has 6 nitrogen and oxygen atoms in total. The van der Waals surface area contributed by atoms with Crippen molar-refractivity contribution in [1.82, 2.24) is 0 Å². The molecular weight excluding hydrogens is 420 g/mol. The Morgan fingerprint density at radius 1 is 1.00 bits per heavy atom. The lowest BCUT2D eigenvalue weighted by atomic mass is 9.68. The molecule has 0 aromatic heterocycles. The van der Waals surface area contributed by atoms with Gasteiger partial charge in [0, 0.05) is 17.5 Å². The van der Waals surface area contributed by atoms with Gasteiger partial charge in [-0.25, -0.2) is 4.79 Å². The number of ether oxygens (including phenoxy) is 4. The molecule has 0 fully saturated rings. The monoisotopic (exact) mass is 440 g/mol. The average molecular weight is 440 g/mol.